The molecule has 18 heavy (non-hydrogen) atoms. The largest absolute Gasteiger partial charge is 0.336 e. The zero-order chi connectivity index (χ0) is 13.1. The van der Waals surface area contributed by atoms with E-state index in [-0.39, 0.29) is 18.0 Å². The maximum absolute atomic E-state index is 11.6. The van der Waals surface area contributed by atoms with E-state index >= 15 is 0 Å². The van der Waals surface area contributed by atoms with Crippen LogP contribution in [0, 0.1) is 0 Å². The van der Waals surface area contributed by atoms with Crippen LogP contribution in [0.1, 0.15) is 25.8 Å². The molecule has 0 radical (unpaired) electrons. The second-order valence-corrected chi connectivity index (χ2v) is 4.67. The first kappa shape index (κ1) is 12.4. The van der Waals surface area contributed by atoms with Crippen molar-refractivity contribution in [2.24, 2.45) is 0 Å². The fraction of sp³-hybridized carbons (Fsp3) is 0.385. The molecule has 5 heteroatoms. The Hall–Kier alpha value is -2.04. The van der Waals surface area contributed by atoms with Crippen LogP contribution in [0.15, 0.2) is 18.2 Å². The Balaban J connectivity index is 2.07. The average Bonchev–Trinajstić information content (AvgIpc) is 2.28. The first-order valence-corrected chi connectivity index (χ1v) is 6.05. The van der Waals surface area contributed by atoms with Crippen LogP contribution < -0.4 is 16.0 Å². The SMILES string of the molecule is CC(C)NC(=O)Nc1ccc2c(c1)CCC(=O)N2. The van der Waals surface area contributed by atoms with Crippen molar-refractivity contribution in [3.63, 3.8) is 0 Å². The van der Waals surface area contributed by atoms with Gasteiger partial charge in [-0.25, -0.2) is 4.79 Å². The minimum Gasteiger partial charge on any atom is -0.336 e. The minimum atomic E-state index is -0.218. The molecule has 96 valence electrons. The summed E-state index contributed by atoms with van der Waals surface area (Å²) in [4.78, 5) is 22.8. The first-order chi connectivity index (χ1) is 8.54. The van der Waals surface area contributed by atoms with Gasteiger partial charge in [0.1, 0.15) is 0 Å². The summed E-state index contributed by atoms with van der Waals surface area (Å²) in [6.45, 7) is 3.81. The van der Waals surface area contributed by atoms with Gasteiger partial charge in [0, 0.05) is 23.8 Å². The number of urea groups is 1. The van der Waals surface area contributed by atoms with Gasteiger partial charge in [0.25, 0.3) is 0 Å². The van der Waals surface area contributed by atoms with Gasteiger partial charge < -0.3 is 16.0 Å². The highest BCUT2D eigenvalue weighted by atomic mass is 16.2. The van der Waals surface area contributed by atoms with Gasteiger partial charge in [0.2, 0.25) is 5.91 Å². The van der Waals surface area contributed by atoms with Crippen LogP contribution in [0.25, 0.3) is 0 Å². The average molecular weight is 247 g/mol. The molecule has 3 N–H and O–H groups in total. The Morgan fingerprint density at radius 3 is 2.83 bits per heavy atom. The Morgan fingerprint density at radius 1 is 1.33 bits per heavy atom. The predicted molar refractivity (Wildman–Crippen MR) is 70.7 cm³/mol. The Kier molecular flexibility index (Phi) is 3.50. The summed E-state index contributed by atoms with van der Waals surface area (Å²) in [6.07, 6.45) is 1.21. The number of carbonyl (C=O) groups excluding carboxylic acids is 2. The van der Waals surface area contributed by atoms with E-state index in [1.807, 2.05) is 26.0 Å². The molecule has 0 atom stereocenters. The maximum atomic E-state index is 11.6. The van der Waals surface area contributed by atoms with Crippen molar-refractivity contribution in [3.8, 4) is 0 Å². The molecule has 1 aliphatic heterocycles. The van der Waals surface area contributed by atoms with Crippen LogP contribution in [-0.4, -0.2) is 18.0 Å². The van der Waals surface area contributed by atoms with Gasteiger partial charge in [-0.1, -0.05) is 0 Å². The topological polar surface area (TPSA) is 70.2 Å². The van der Waals surface area contributed by atoms with Crippen molar-refractivity contribution in [3.05, 3.63) is 23.8 Å². The number of benzene rings is 1. The van der Waals surface area contributed by atoms with E-state index in [4.69, 9.17) is 0 Å². The summed E-state index contributed by atoms with van der Waals surface area (Å²) in [5, 5.41) is 8.34. The molecule has 0 aliphatic carbocycles. The highest BCUT2D eigenvalue weighted by Crippen LogP contribution is 2.25. The van der Waals surface area contributed by atoms with Gasteiger partial charge in [0.15, 0.2) is 0 Å². The molecule has 1 aliphatic rings. The third-order valence-electron chi connectivity index (χ3n) is 2.68. The number of rotatable bonds is 2. The van der Waals surface area contributed by atoms with Crippen LogP contribution in [0.2, 0.25) is 0 Å². The quantitative estimate of drug-likeness (QED) is 0.749. The molecular formula is C13H17N3O2. The molecular weight excluding hydrogens is 230 g/mol. The van der Waals surface area contributed by atoms with Crippen LogP contribution in [0.5, 0.6) is 0 Å². The molecule has 0 saturated heterocycles. The normalized spacial score (nSPS) is 13.8. The molecule has 0 spiro atoms. The lowest BCUT2D eigenvalue weighted by Gasteiger charge is -2.18. The van der Waals surface area contributed by atoms with Gasteiger partial charge >= 0.3 is 6.03 Å². The number of carbonyl (C=O) groups is 2. The molecule has 3 amide bonds. The van der Waals surface area contributed by atoms with Crippen molar-refractivity contribution in [1.29, 1.82) is 0 Å². The Morgan fingerprint density at radius 2 is 2.11 bits per heavy atom. The summed E-state index contributed by atoms with van der Waals surface area (Å²) in [6, 6.07) is 5.38. The van der Waals surface area contributed by atoms with Gasteiger partial charge in [-0.05, 0) is 44.0 Å². The zero-order valence-electron chi connectivity index (χ0n) is 10.5. The lowest BCUT2D eigenvalue weighted by atomic mass is 10.0. The van der Waals surface area contributed by atoms with Gasteiger partial charge in [0.05, 0.1) is 0 Å². The minimum absolute atomic E-state index is 0.0424. The standard InChI is InChI=1S/C13H17N3O2/c1-8(2)14-13(18)15-10-4-5-11-9(7-10)3-6-12(17)16-11/h4-5,7-8H,3,6H2,1-2H3,(H,16,17)(H2,14,15,18). The first-order valence-electron chi connectivity index (χ1n) is 6.05. The molecule has 2 rings (SSSR count). The van der Waals surface area contributed by atoms with E-state index in [9.17, 15) is 9.59 Å². The third-order valence-corrected chi connectivity index (χ3v) is 2.68. The molecule has 0 saturated carbocycles. The van der Waals surface area contributed by atoms with Gasteiger partial charge in [-0.3, -0.25) is 4.79 Å². The number of hydrogen-bond donors (Lipinski definition) is 3. The Bertz CT molecular complexity index is 483. The van der Waals surface area contributed by atoms with Gasteiger partial charge in [-0.15, -0.1) is 0 Å². The molecule has 0 aromatic heterocycles. The second-order valence-electron chi connectivity index (χ2n) is 4.67. The second kappa shape index (κ2) is 5.08. The van der Waals surface area contributed by atoms with E-state index < -0.39 is 0 Å². The predicted octanol–water partition coefficient (Wildman–Crippen LogP) is 2.10. The summed E-state index contributed by atoms with van der Waals surface area (Å²) in [5.74, 6) is 0.0424. The lowest BCUT2D eigenvalue weighted by molar-refractivity contribution is -0.116. The summed E-state index contributed by atoms with van der Waals surface area (Å²) in [5.41, 5.74) is 2.63. The molecule has 1 aromatic carbocycles. The van der Waals surface area contributed by atoms with Crippen molar-refractivity contribution in [1.82, 2.24) is 5.32 Å². The van der Waals surface area contributed by atoms with E-state index in [2.05, 4.69) is 16.0 Å². The van der Waals surface area contributed by atoms with Crippen LogP contribution >= 0.6 is 0 Å². The number of anilines is 2. The molecule has 5 nitrogen and oxygen atoms in total. The van der Waals surface area contributed by atoms with Crippen molar-refractivity contribution >= 4 is 23.3 Å². The molecule has 1 aromatic rings. The van der Waals surface area contributed by atoms with Crippen LogP contribution in [0.3, 0.4) is 0 Å². The van der Waals surface area contributed by atoms with Crippen LogP contribution in [0.4, 0.5) is 16.2 Å². The molecule has 0 unspecified atom stereocenters. The third kappa shape index (κ3) is 3.00. The fourth-order valence-electron chi connectivity index (χ4n) is 1.89. The van der Waals surface area contributed by atoms with Crippen molar-refractivity contribution < 1.29 is 9.59 Å². The van der Waals surface area contributed by atoms with E-state index in [0.29, 0.717) is 12.8 Å². The number of aryl methyl sites for hydroxylation is 1. The summed E-state index contributed by atoms with van der Waals surface area (Å²) in [7, 11) is 0. The van der Waals surface area contributed by atoms with Crippen molar-refractivity contribution in [2.45, 2.75) is 32.7 Å². The fourth-order valence-corrected chi connectivity index (χ4v) is 1.89. The van der Waals surface area contributed by atoms with Crippen molar-refractivity contribution in [2.75, 3.05) is 10.6 Å². The Labute approximate surface area is 106 Å². The summed E-state index contributed by atoms with van der Waals surface area (Å²) >= 11 is 0. The number of fused-ring (bicyclic) bond motifs is 1. The van der Waals surface area contributed by atoms with E-state index in [1.54, 1.807) is 6.07 Å². The smallest absolute Gasteiger partial charge is 0.319 e. The number of nitrogens with one attached hydrogen (secondary N) is 3. The molecule has 0 fully saturated rings. The monoisotopic (exact) mass is 247 g/mol. The van der Waals surface area contributed by atoms with E-state index in [0.717, 1.165) is 16.9 Å². The highest BCUT2D eigenvalue weighted by molar-refractivity contribution is 5.95. The van der Waals surface area contributed by atoms with E-state index in [1.165, 1.54) is 0 Å². The number of hydrogen-bond acceptors (Lipinski definition) is 2. The van der Waals surface area contributed by atoms with Crippen LogP contribution in [-0.2, 0) is 11.2 Å². The maximum Gasteiger partial charge on any atom is 0.319 e. The highest BCUT2D eigenvalue weighted by Gasteiger charge is 2.15. The summed E-state index contributed by atoms with van der Waals surface area (Å²) < 4.78 is 0. The molecule has 0 bridgehead atoms. The molecule has 1 heterocycles. The lowest BCUT2D eigenvalue weighted by Crippen LogP contribution is -2.34. The van der Waals surface area contributed by atoms with Gasteiger partial charge in [-0.2, -0.15) is 0 Å². The zero-order valence-corrected chi connectivity index (χ0v) is 10.5. The number of amides is 3.